The minimum Gasteiger partial charge on any atom is -0.480 e. The van der Waals surface area contributed by atoms with Crippen molar-refractivity contribution in [1.82, 2.24) is 5.32 Å². The molecule has 2 N–H and O–H groups in total. The first kappa shape index (κ1) is 16.6. The van der Waals surface area contributed by atoms with Gasteiger partial charge >= 0.3 is 5.97 Å². The maximum absolute atomic E-state index is 11.8. The van der Waals surface area contributed by atoms with E-state index in [0.717, 1.165) is 11.3 Å². The average Bonchev–Trinajstić information content (AvgIpc) is 2.45. The Morgan fingerprint density at radius 3 is 2.50 bits per heavy atom. The predicted octanol–water partition coefficient (Wildman–Crippen LogP) is 2.78. The van der Waals surface area contributed by atoms with E-state index in [9.17, 15) is 9.59 Å². The summed E-state index contributed by atoms with van der Waals surface area (Å²) in [5.74, 6) is -0.606. The van der Waals surface area contributed by atoms with Crippen molar-refractivity contribution in [2.45, 2.75) is 37.6 Å². The third-order valence-electron chi connectivity index (χ3n) is 3.14. The summed E-state index contributed by atoms with van der Waals surface area (Å²) >= 11 is 1.59. The standard InChI is InChI=1S/C15H21NO3S/c1-3-11(2)14(15(18)19)16-13(17)9-10-20-12-7-5-4-6-8-12/h4-8,11,14H,3,9-10H2,1-2H3,(H,16,17)(H,18,19)/t11-,14-/m0/s1. The number of carboxylic acids is 1. The number of hydrogen-bond donors (Lipinski definition) is 2. The van der Waals surface area contributed by atoms with E-state index in [2.05, 4.69) is 5.32 Å². The second-order valence-corrected chi connectivity index (χ2v) is 5.85. The number of thioether (sulfide) groups is 1. The first-order valence-electron chi connectivity index (χ1n) is 6.74. The zero-order valence-corrected chi connectivity index (χ0v) is 12.7. The molecular formula is C15H21NO3S. The first-order valence-corrected chi connectivity index (χ1v) is 7.73. The van der Waals surface area contributed by atoms with Crippen LogP contribution in [-0.4, -0.2) is 28.8 Å². The van der Waals surface area contributed by atoms with Crippen LogP contribution in [0, 0.1) is 5.92 Å². The Kier molecular flexibility index (Phi) is 7.15. The monoisotopic (exact) mass is 295 g/mol. The van der Waals surface area contributed by atoms with E-state index in [1.807, 2.05) is 44.2 Å². The number of aliphatic carboxylic acids is 1. The number of carbonyl (C=O) groups is 2. The van der Waals surface area contributed by atoms with Crippen LogP contribution in [0.4, 0.5) is 0 Å². The van der Waals surface area contributed by atoms with Gasteiger partial charge in [-0.1, -0.05) is 38.5 Å². The van der Waals surface area contributed by atoms with E-state index < -0.39 is 12.0 Å². The molecule has 0 unspecified atom stereocenters. The van der Waals surface area contributed by atoms with Crippen LogP contribution in [0.2, 0.25) is 0 Å². The van der Waals surface area contributed by atoms with Gasteiger partial charge in [-0.3, -0.25) is 4.79 Å². The Morgan fingerprint density at radius 1 is 1.30 bits per heavy atom. The molecule has 0 heterocycles. The van der Waals surface area contributed by atoms with Gasteiger partial charge in [-0.2, -0.15) is 0 Å². The van der Waals surface area contributed by atoms with Crippen LogP contribution in [0.5, 0.6) is 0 Å². The van der Waals surface area contributed by atoms with E-state index in [4.69, 9.17) is 5.11 Å². The molecule has 0 aliphatic heterocycles. The molecule has 0 spiro atoms. The van der Waals surface area contributed by atoms with Crippen LogP contribution in [0.25, 0.3) is 0 Å². The van der Waals surface area contributed by atoms with E-state index >= 15 is 0 Å². The fraction of sp³-hybridized carbons (Fsp3) is 0.467. The molecule has 0 aliphatic rings. The number of hydrogen-bond acceptors (Lipinski definition) is 3. The normalized spacial score (nSPS) is 13.5. The molecule has 20 heavy (non-hydrogen) atoms. The first-order chi connectivity index (χ1) is 9.54. The van der Waals surface area contributed by atoms with Gasteiger partial charge in [0.2, 0.25) is 5.91 Å². The fourth-order valence-corrected chi connectivity index (χ4v) is 2.58. The molecule has 0 fully saturated rings. The number of benzene rings is 1. The molecule has 1 rings (SSSR count). The second-order valence-electron chi connectivity index (χ2n) is 4.68. The maximum Gasteiger partial charge on any atom is 0.326 e. The molecule has 4 nitrogen and oxygen atoms in total. The summed E-state index contributed by atoms with van der Waals surface area (Å²) in [5, 5.41) is 11.7. The number of amides is 1. The van der Waals surface area contributed by atoms with Crippen molar-refractivity contribution in [3.8, 4) is 0 Å². The highest BCUT2D eigenvalue weighted by Gasteiger charge is 2.24. The molecular weight excluding hydrogens is 274 g/mol. The highest BCUT2D eigenvalue weighted by Crippen LogP contribution is 2.17. The van der Waals surface area contributed by atoms with Gasteiger partial charge in [0.1, 0.15) is 6.04 Å². The number of nitrogens with one attached hydrogen (secondary N) is 1. The predicted molar refractivity (Wildman–Crippen MR) is 80.8 cm³/mol. The zero-order valence-electron chi connectivity index (χ0n) is 11.8. The molecule has 110 valence electrons. The molecule has 0 saturated carbocycles. The lowest BCUT2D eigenvalue weighted by molar-refractivity contribution is -0.143. The van der Waals surface area contributed by atoms with Gasteiger partial charge in [0.25, 0.3) is 0 Å². The van der Waals surface area contributed by atoms with Gasteiger partial charge < -0.3 is 10.4 Å². The minimum absolute atomic E-state index is 0.0711. The Hall–Kier alpha value is -1.49. The van der Waals surface area contributed by atoms with Gasteiger partial charge in [0, 0.05) is 17.1 Å². The largest absolute Gasteiger partial charge is 0.480 e. The van der Waals surface area contributed by atoms with Crippen LogP contribution in [0.3, 0.4) is 0 Å². The molecule has 0 aromatic heterocycles. The summed E-state index contributed by atoms with van der Waals surface area (Å²) in [7, 11) is 0. The van der Waals surface area contributed by atoms with E-state index in [1.165, 1.54) is 0 Å². The van der Waals surface area contributed by atoms with Crippen LogP contribution >= 0.6 is 11.8 Å². The molecule has 1 aromatic carbocycles. The smallest absolute Gasteiger partial charge is 0.326 e. The van der Waals surface area contributed by atoms with Crippen molar-refractivity contribution >= 4 is 23.6 Å². The Bertz CT molecular complexity index is 436. The summed E-state index contributed by atoms with van der Waals surface area (Å²) < 4.78 is 0. The van der Waals surface area contributed by atoms with Crippen molar-refractivity contribution in [2.75, 3.05) is 5.75 Å². The van der Waals surface area contributed by atoms with Crippen LogP contribution in [0.15, 0.2) is 35.2 Å². The third-order valence-corrected chi connectivity index (χ3v) is 4.15. The summed E-state index contributed by atoms with van der Waals surface area (Å²) in [6.45, 7) is 3.75. The van der Waals surface area contributed by atoms with Gasteiger partial charge in [-0.15, -0.1) is 11.8 Å². The molecule has 0 saturated heterocycles. The van der Waals surface area contributed by atoms with Gasteiger partial charge in [0.15, 0.2) is 0 Å². The molecule has 0 bridgehead atoms. The lowest BCUT2D eigenvalue weighted by Crippen LogP contribution is -2.45. The van der Waals surface area contributed by atoms with Crippen LogP contribution < -0.4 is 5.32 Å². The summed E-state index contributed by atoms with van der Waals surface area (Å²) in [5.41, 5.74) is 0. The average molecular weight is 295 g/mol. The number of carboxylic acid groups (broad SMARTS) is 1. The Morgan fingerprint density at radius 2 is 1.95 bits per heavy atom. The highest BCUT2D eigenvalue weighted by atomic mass is 32.2. The van der Waals surface area contributed by atoms with Gasteiger partial charge in [-0.05, 0) is 18.1 Å². The highest BCUT2D eigenvalue weighted by molar-refractivity contribution is 7.99. The summed E-state index contributed by atoms with van der Waals surface area (Å²) in [4.78, 5) is 24.0. The molecule has 2 atom stereocenters. The summed E-state index contributed by atoms with van der Waals surface area (Å²) in [6.07, 6.45) is 1.04. The lowest BCUT2D eigenvalue weighted by atomic mass is 9.99. The number of rotatable bonds is 8. The fourth-order valence-electron chi connectivity index (χ4n) is 1.71. The molecule has 1 amide bonds. The molecule has 0 radical (unpaired) electrons. The van der Waals surface area contributed by atoms with Crippen molar-refractivity contribution in [2.24, 2.45) is 5.92 Å². The van der Waals surface area contributed by atoms with Gasteiger partial charge in [-0.25, -0.2) is 4.79 Å². The topological polar surface area (TPSA) is 66.4 Å². The lowest BCUT2D eigenvalue weighted by Gasteiger charge is -2.20. The Balaban J connectivity index is 2.37. The molecule has 5 heteroatoms. The summed E-state index contributed by atoms with van der Waals surface area (Å²) in [6, 6.07) is 9.02. The van der Waals surface area contributed by atoms with Crippen molar-refractivity contribution in [3.63, 3.8) is 0 Å². The minimum atomic E-state index is -0.969. The number of carbonyl (C=O) groups excluding carboxylic acids is 1. The van der Waals surface area contributed by atoms with Crippen LogP contribution in [0.1, 0.15) is 26.7 Å². The van der Waals surface area contributed by atoms with Crippen LogP contribution in [-0.2, 0) is 9.59 Å². The van der Waals surface area contributed by atoms with Gasteiger partial charge in [0.05, 0.1) is 0 Å². The second kappa shape index (κ2) is 8.64. The molecule has 0 aliphatic carbocycles. The quantitative estimate of drug-likeness (QED) is 0.724. The van der Waals surface area contributed by atoms with Crippen molar-refractivity contribution < 1.29 is 14.7 Å². The van der Waals surface area contributed by atoms with Crippen molar-refractivity contribution in [3.05, 3.63) is 30.3 Å². The third kappa shape index (κ3) is 5.65. The SMILES string of the molecule is CC[C@H](C)[C@H](NC(=O)CCSc1ccccc1)C(=O)O. The molecule has 1 aromatic rings. The van der Waals surface area contributed by atoms with Crippen molar-refractivity contribution in [1.29, 1.82) is 0 Å². The van der Waals surface area contributed by atoms with E-state index in [0.29, 0.717) is 12.2 Å². The Labute approximate surface area is 124 Å². The van der Waals surface area contributed by atoms with E-state index in [-0.39, 0.29) is 11.8 Å². The zero-order chi connectivity index (χ0) is 15.0. The van der Waals surface area contributed by atoms with E-state index in [1.54, 1.807) is 11.8 Å². The maximum atomic E-state index is 11.8.